The van der Waals surface area contributed by atoms with E-state index in [1.54, 1.807) is 0 Å². The molecule has 0 amide bonds. The van der Waals surface area contributed by atoms with Gasteiger partial charge in [-0.25, -0.2) is 0 Å². The Labute approximate surface area is 381 Å². The lowest BCUT2D eigenvalue weighted by molar-refractivity contribution is 0.353. The molecule has 0 N–H and O–H groups in total. The normalized spacial score (nSPS) is 18.0. The Morgan fingerprint density at radius 1 is 0.656 bits per heavy atom. The third-order valence-electron chi connectivity index (χ3n) is 14.5. The smallest absolute Gasteiger partial charge is 0.0710 e. The van der Waals surface area contributed by atoms with Crippen molar-refractivity contribution in [1.82, 2.24) is 0 Å². The van der Waals surface area contributed by atoms with Gasteiger partial charge in [-0.05, 0) is 142 Å². The van der Waals surface area contributed by atoms with E-state index in [0.29, 0.717) is 0 Å². The molecule has 0 bridgehead atoms. The van der Waals surface area contributed by atoms with Crippen LogP contribution in [0, 0.1) is 0 Å². The van der Waals surface area contributed by atoms with Crippen LogP contribution in [0.1, 0.15) is 98.2 Å². The fourth-order valence-electron chi connectivity index (χ4n) is 11.7. The van der Waals surface area contributed by atoms with E-state index in [1.165, 1.54) is 110 Å². The van der Waals surface area contributed by atoms with Gasteiger partial charge in [0.2, 0.25) is 0 Å². The summed E-state index contributed by atoms with van der Waals surface area (Å²) in [7, 11) is 0. The van der Waals surface area contributed by atoms with Crippen molar-refractivity contribution in [1.29, 1.82) is 0 Å². The zero-order chi connectivity index (χ0) is 43.7. The summed E-state index contributed by atoms with van der Waals surface area (Å²) in [6.07, 6.45) is 26.9. The minimum atomic E-state index is -0.503. The molecule has 4 aliphatic rings. The molecule has 1 spiro atoms. The summed E-state index contributed by atoms with van der Waals surface area (Å²) < 4.78 is 0. The summed E-state index contributed by atoms with van der Waals surface area (Å²) in [4.78, 5) is 2.58. The molecule has 0 heterocycles. The van der Waals surface area contributed by atoms with E-state index < -0.39 is 5.41 Å². The molecule has 0 saturated heterocycles. The van der Waals surface area contributed by atoms with Gasteiger partial charge in [-0.2, -0.15) is 0 Å². The van der Waals surface area contributed by atoms with Crippen molar-refractivity contribution in [3.8, 4) is 11.1 Å². The summed E-state index contributed by atoms with van der Waals surface area (Å²) in [5, 5.41) is 0. The van der Waals surface area contributed by atoms with Crippen LogP contribution in [0.2, 0.25) is 0 Å². The van der Waals surface area contributed by atoms with Crippen molar-refractivity contribution in [3.63, 3.8) is 0 Å². The van der Waals surface area contributed by atoms with Crippen molar-refractivity contribution in [2.24, 2.45) is 0 Å². The van der Waals surface area contributed by atoms with Crippen molar-refractivity contribution in [3.05, 3.63) is 274 Å². The molecule has 10 rings (SSSR count). The van der Waals surface area contributed by atoms with E-state index in [0.717, 1.165) is 23.2 Å². The first-order chi connectivity index (χ1) is 31.5. The average molecular weight is 828 g/mol. The van der Waals surface area contributed by atoms with Crippen LogP contribution in [0.5, 0.6) is 0 Å². The number of hydrogen-bond acceptors (Lipinski definition) is 1. The Bertz CT molecular complexity index is 2910. The molecule has 6 aromatic rings. The number of fused-ring (bicyclic) bond motifs is 6. The summed E-state index contributed by atoms with van der Waals surface area (Å²) in [5.41, 5.74) is 21.5. The molecular weight excluding hydrogens is 771 g/mol. The minimum Gasteiger partial charge on any atom is -0.314 e. The molecule has 0 aromatic heterocycles. The summed E-state index contributed by atoms with van der Waals surface area (Å²) in [5.74, 6) is 0. The van der Waals surface area contributed by atoms with Gasteiger partial charge in [-0.1, -0.05) is 208 Å². The molecule has 0 aliphatic heterocycles. The Hall–Kier alpha value is -6.96. The quantitative estimate of drug-likeness (QED) is 0.124. The van der Waals surface area contributed by atoms with Crippen LogP contribution >= 0.6 is 0 Å². The van der Waals surface area contributed by atoms with E-state index in [4.69, 9.17) is 0 Å². The van der Waals surface area contributed by atoms with Gasteiger partial charge in [-0.3, -0.25) is 0 Å². The fraction of sp³-hybridized carbons (Fsp3) is 0.175. The number of benzene rings is 6. The van der Waals surface area contributed by atoms with Crippen molar-refractivity contribution in [2.45, 2.75) is 70.1 Å². The van der Waals surface area contributed by atoms with E-state index in [9.17, 15) is 0 Å². The number of nitrogens with zero attached hydrogens (tertiary/aromatic N) is 1. The Balaban J connectivity index is 1.18. The van der Waals surface area contributed by atoms with Crippen molar-refractivity contribution in [2.75, 3.05) is 4.90 Å². The fourth-order valence-corrected chi connectivity index (χ4v) is 11.7. The van der Waals surface area contributed by atoms with Gasteiger partial charge in [0.1, 0.15) is 0 Å². The highest BCUT2D eigenvalue weighted by Crippen LogP contribution is 2.60. The SMILES string of the molecule is C=CC(=C/C)/C(/C=C/c1ccc(N(/C(C)=C/C2=C(C)c3ccccc3C2(c2ccccc2)c2ccccc2)c2cccc3c2C2(CCCCC2)c2ccccc2-3)cc1)=C1/C=CC=CC1. The van der Waals surface area contributed by atoms with E-state index >= 15 is 0 Å². The predicted octanol–water partition coefficient (Wildman–Crippen LogP) is 16.7. The number of allylic oxidation sites excluding steroid dienone is 14. The molecule has 1 fully saturated rings. The van der Waals surface area contributed by atoms with E-state index in [-0.39, 0.29) is 5.41 Å². The van der Waals surface area contributed by atoms with Crippen LogP contribution in [0.4, 0.5) is 11.4 Å². The van der Waals surface area contributed by atoms with Crippen LogP contribution in [0.3, 0.4) is 0 Å². The molecule has 314 valence electrons. The zero-order valence-electron chi connectivity index (χ0n) is 37.5. The number of hydrogen-bond donors (Lipinski definition) is 0. The van der Waals surface area contributed by atoms with Crippen molar-refractivity contribution < 1.29 is 0 Å². The predicted molar refractivity (Wildman–Crippen MR) is 273 cm³/mol. The van der Waals surface area contributed by atoms with Crippen LogP contribution < -0.4 is 4.90 Å². The molecule has 0 radical (unpaired) electrons. The van der Waals surface area contributed by atoms with Crippen LogP contribution in [0.15, 0.2) is 235 Å². The van der Waals surface area contributed by atoms with Gasteiger partial charge in [0.15, 0.2) is 0 Å². The van der Waals surface area contributed by atoms with Gasteiger partial charge in [0, 0.05) is 16.8 Å². The molecule has 6 aromatic carbocycles. The van der Waals surface area contributed by atoms with Gasteiger partial charge >= 0.3 is 0 Å². The Morgan fingerprint density at radius 3 is 1.95 bits per heavy atom. The first kappa shape index (κ1) is 41.1. The first-order valence-electron chi connectivity index (χ1n) is 23.3. The standard InChI is InChI=1S/C63H57N/c1-5-48(6-2)54(49-24-11-7-12-25-49)41-38-47-36-39-52(40-37-47)64(60-35-23-32-56-55-31-18-19-33-57(55)62(61(56)60)42-21-10-22-43-62)45(3)44-59-46(4)53-30-17-20-34-58(53)63(59,50-26-13-8-14-27-50)51-28-15-9-16-29-51/h5-9,11-20,23-24,26-41,44H,1,10,21-22,25,42-43H2,2-4H3/b41-38+,45-44+,48-6-,54-49-. The first-order valence-corrected chi connectivity index (χ1v) is 23.3. The maximum atomic E-state index is 4.15. The number of anilines is 2. The molecular formula is C63H57N. The summed E-state index contributed by atoms with van der Waals surface area (Å²) in [6.45, 7) is 10.9. The van der Waals surface area contributed by atoms with Crippen LogP contribution in [0.25, 0.3) is 22.8 Å². The maximum Gasteiger partial charge on any atom is 0.0710 e. The lowest BCUT2D eigenvalue weighted by Crippen LogP contribution is -2.31. The third kappa shape index (κ3) is 6.77. The second-order valence-electron chi connectivity index (χ2n) is 17.9. The minimum absolute atomic E-state index is 0.0269. The highest BCUT2D eigenvalue weighted by molar-refractivity contribution is 5.91. The topological polar surface area (TPSA) is 3.24 Å². The van der Waals surface area contributed by atoms with Gasteiger partial charge < -0.3 is 4.90 Å². The zero-order valence-corrected chi connectivity index (χ0v) is 37.5. The summed E-state index contributed by atoms with van der Waals surface area (Å²) in [6, 6.07) is 57.0. The van der Waals surface area contributed by atoms with Crippen LogP contribution in [-0.2, 0) is 10.8 Å². The molecule has 1 nitrogen and oxygen atoms in total. The van der Waals surface area contributed by atoms with Gasteiger partial charge in [0.25, 0.3) is 0 Å². The highest BCUT2D eigenvalue weighted by Gasteiger charge is 2.48. The number of rotatable bonds is 10. The van der Waals surface area contributed by atoms with Gasteiger partial charge in [0.05, 0.1) is 11.1 Å². The largest absolute Gasteiger partial charge is 0.314 e. The van der Waals surface area contributed by atoms with Crippen LogP contribution in [-0.4, -0.2) is 0 Å². The Kier molecular flexibility index (Phi) is 11.1. The lowest BCUT2D eigenvalue weighted by Gasteiger charge is -2.40. The molecule has 0 unspecified atom stereocenters. The lowest BCUT2D eigenvalue weighted by atomic mass is 9.66. The van der Waals surface area contributed by atoms with E-state index in [1.807, 2.05) is 6.08 Å². The van der Waals surface area contributed by atoms with Gasteiger partial charge in [-0.15, -0.1) is 0 Å². The monoisotopic (exact) mass is 827 g/mol. The molecule has 1 saturated carbocycles. The molecule has 0 atom stereocenters. The third-order valence-corrected chi connectivity index (χ3v) is 14.5. The van der Waals surface area contributed by atoms with E-state index in [2.05, 4.69) is 233 Å². The Morgan fingerprint density at radius 2 is 1.30 bits per heavy atom. The molecule has 64 heavy (non-hydrogen) atoms. The molecule has 4 aliphatic carbocycles. The average Bonchev–Trinajstić information content (AvgIpc) is 3.77. The highest BCUT2D eigenvalue weighted by atomic mass is 15.1. The second-order valence-corrected chi connectivity index (χ2v) is 17.9. The second kappa shape index (κ2) is 17.3. The maximum absolute atomic E-state index is 4.15. The summed E-state index contributed by atoms with van der Waals surface area (Å²) >= 11 is 0. The van der Waals surface area contributed by atoms with Crippen molar-refractivity contribution >= 4 is 23.0 Å². The molecule has 1 heteroatoms.